The molecule has 9 nitrogen and oxygen atoms in total. The van der Waals surface area contributed by atoms with Gasteiger partial charge in [-0.2, -0.15) is 0 Å². The monoisotopic (exact) mass is 459 g/mol. The molecule has 2 aromatic carbocycles. The van der Waals surface area contributed by atoms with E-state index in [2.05, 4.69) is 29.1 Å². The maximum Gasteiger partial charge on any atom is 0.332 e. The van der Waals surface area contributed by atoms with Crippen molar-refractivity contribution in [2.75, 3.05) is 12.4 Å². The molecule has 4 rings (SSSR count). The van der Waals surface area contributed by atoms with Crippen molar-refractivity contribution in [1.82, 2.24) is 19.1 Å². The number of hydrogen-bond donors (Lipinski definition) is 1. The molecule has 0 unspecified atom stereocenters. The highest BCUT2D eigenvalue weighted by Crippen LogP contribution is 2.20. The van der Waals surface area contributed by atoms with Crippen molar-refractivity contribution in [2.45, 2.75) is 26.3 Å². The van der Waals surface area contributed by atoms with Crippen molar-refractivity contribution in [1.29, 1.82) is 0 Å². The largest absolute Gasteiger partial charge is 0.497 e. The number of hydrogen-bond acceptors (Lipinski definition) is 6. The molecular weight excluding hydrogens is 434 g/mol. The number of anilines is 1. The highest BCUT2D eigenvalue weighted by Gasteiger charge is 2.16. The third kappa shape index (κ3) is 4.45. The number of benzene rings is 2. The van der Waals surface area contributed by atoms with Crippen LogP contribution in [0.4, 0.5) is 5.69 Å². The normalized spacial score (nSPS) is 11.1. The number of fused-ring (bicyclic) bond motifs is 1. The Morgan fingerprint density at radius 3 is 2.35 bits per heavy atom. The van der Waals surface area contributed by atoms with E-state index in [1.165, 1.54) is 17.8 Å². The van der Waals surface area contributed by atoms with Crippen molar-refractivity contribution in [3.63, 3.8) is 0 Å². The van der Waals surface area contributed by atoms with Crippen LogP contribution >= 0.6 is 0 Å². The first-order valence-electron chi connectivity index (χ1n) is 10.8. The van der Waals surface area contributed by atoms with E-state index in [-0.39, 0.29) is 11.0 Å². The van der Waals surface area contributed by atoms with Gasteiger partial charge in [0.2, 0.25) is 5.91 Å². The molecule has 1 amide bonds. The number of aryl methyl sites for hydroxylation is 1. The van der Waals surface area contributed by atoms with E-state index in [0.29, 0.717) is 28.7 Å². The van der Waals surface area contributed by atoms with Crippen molar-refractivity contribution in [2.24, 2.45) is 7.05 Å². The van der Waals surface area contributed by atoms with Gasteiger partial charge in [-0.15, -0.1) is 0 Å². The molecule has 0 saturated carbocycles. The van der Waals surface area contributed by atoms with Gasteiger partial charge in [0, 0.05) is 24.5 Å². The third-order valence-corrected chi connectivity index (χ3v) is 5.59. The topological polar surface area (TPSA) is 108 Å². The number of ether oxygens (including phenoxy) is 1. The van der Waals surface area contributed by atoms with Gasteiger partial charge in [0.15, 0.2) is 11.5 Å². The lowest BCUT2D eigenvalue weighted by Gasteiger charge is -2.12. The Hall–Kier alpha value is -4.27. The van der Waals surface area contributed by atoms with Gasteiger partial charge < -0.3 is 10.1 Å². The highest BCUT2D eigenvalue weighted by atomic mass is 16.5. The van der Waals surface area contributed by atoms with Crippen LogP contribution in [0.3, 0.4) is 0 Å². The smallest absolute Gasteiger partial charge is 0.332 e. The van der Waals surface area contributed by atoms with Crippen LogP contribution in [0.25, 0.3) is 22.4 Å². The van der Waals surface area contributed by atoms with Gasteiger partial charge in [0.05, 0.1) is 7.11 Å². The number of rotatable bonds is 6. The van der Waals surface area contributed by atoms with E-state index in [1.807, 2.05) is 12.1 Å². The Labute approximate surface area is 195 Å². The summed E-state index contributed by atoms with van der Waals surface area (Å²) in [5.41, 5.74) is 1.38. The fourth-order valence-electron chi connectivity index (χ4n) is 3.60. The zero-order valence-corrected chi connectivity index (χ0v) is 19.4. The van der Waals surface area contributed by atoms with Gasteiger partial charge in [-0.05, 0) is 47.9 Å². The summed E-state index contributed by atoms with van der Waals surface area (Å²) in [7, 11) is 3.08. The van der Waals surface area contributed by atoms with Crippen LogP contribution in [-0.2, 0) is 18.4 Å². The van der Waals surface area contributed by atoms with Crippen LogP contribution in [0.1, 0.15) is 25.3 Å². The van der Waals surface area contributed by atoms with Crippen LogP contribution in [-0.4, -0.2) is 32.1 Å². The lowest BCUT2D eigenvalue weighted by atomic mass is 10.0. The van der Waals surface area contributed by atoms with Gasteiger partial charge in [-0.1, -0.05) is 26.0 Å². The summed E-state index contributed by atoms with van der Waals surface area (Å²) in [5.74, 6) is 0.946. The average Bonchev–Trinajstić information content (AvgIpc) is 2.85. The summed E-state index contributed by atoms with van der Waals surface area (Å²) < 4.78 is 7.29. The molecule has 0 aliphatic carbocycles. The molecule has 0 atom stereocenters. The molecule has 0 spiro atoms. The van der Waals surface area contributed by atoms with Crippen molar-refractivity contribution in [3.8, 4) is 17.1 Å². The van der Waals surface area contributed by atoms with Gasteiger partial charge >= 0.3 is 5.69 Å². The number of carbonyl (C=O) groups is 1. The highest BCUT2D eigenvalue weighted by molar-refractivity contribution is 5.90. The molecule has 0 aliphatic rings. The second kappa shape index (κ2) is 9.30. The van der Waals surface area contributed by atoms with Crippen molar-refractivity contribution in [3.05, 3.63) is 81.1 Å². The molecule has 0 bridgehead atoms. The predicted molar refractivity (Wildman–Crippen MR) is 130 cm³/mol. The lowest BCUT2D eigenvalue weighted by Crippen LogP contribution is -2.42. The second-order valence-corrected chi connectivity index (χ2v) is 8.22. The molecule has 9 heteroatoms. The number of carbonyl (C=O) groups excluding carboxylic acids is 1. The molecule has 0 saturated heterocycles. The maximum atomic E-state index is 13.0. The first-order chi connectivity index (χ1) is 16.3. The Morgan fingerprint density at radius 1 is 1.06 bits per heavy atom. The van der Waals surface area contributed by atoms with E-state index >= 15 is 0 Å². The fraction of sp³-hybridized carbons (Fsp3) is 0.240. The number of amides is 1. The SMILES string of the molecule is COc1ccc(-c2ncc3c(=O)n(CC(=O)Nc4ccc(C(C)C)cc4)c(=O)n(C)c3n2)cc1. The number of nitrogens with one attached hydrogen (secondary N) is 1. The zero-order chi connectivity index (χ0) is 24.4. The van der Waals surface area contributed by atoms with E-state index in [1.54, 1.807) is 43.5 Å². The van der Waals surface area contributed by atoms with Gasteiger partial charge in [0.25, 0.3) is 5.56 Å². The van der Waals surface area contributed by atoms with E-state index in [0.717, 1.165) is 10.1 Å². The lowest BCUT2D eigenvalue weighted by molar-refractivity contribution is -0.116. The fourth-order valence-corrected chi connectivity index (χ4v) is 3.60. The minimum atomic E-state index is -0.637. The predicted octanol–water partition coefficient (Wildman–Crippen LogP) is 2.93. The molecule has 0 aliphatic heterocycles. The molecule has 2 heterocycles. The molecule has 2 aromatic heterocycles. The Balaban J connectivity index is 1.64. The van der Waals surface area contributed by atoms with Crippen LogP contribution < -0.4 is 21.3 Å². The molecule has 0 fully saturated rings. The van der Waals surface area contributed by atoms with Crippen molar-refractivity contribution < 1.29 is 9.53 Å². The molecule has 4 aromatic rings. The van der Waals surface area contributed by atoms with Crippen molar-refractivity contribution >= 4 is 22.6 Å². The maximum absolute atomic E-state index is 13.0. The Bertz CT molecular complexity index is 1470. The average molecular weight is 460 g/mol. The van der Waals surface area contributed by atoms with E-state index in [4.69, 9.17) is 4.74 Å². The minimum Gasteiger partial charge on any atom is -0.497 e. The molecular formula is C25H25N5O4. The molecule has 174 valence electrons. The summed E-state index contributed by atoms with van der Waals surface area (Å²) in [6, 6.07) is 14.6. The molecule has 0 radical (unpaired) electrons. The van der Waals surface area contributed by atoms with Crippen LogP contribution in [0, 0.1) is 0 Å². The van der Waals surface area contributed by atoms with Crippen LogP contribution in [0.15, 0.2) is 64.3 Å². The summed E-state index contributed by atoms with van der Waals surface area (Å²) >= 11 is 0. The van der Waals surface area contributed by atoms with Gasteiger partial charge in [-0.25, -0.2) is 14.8 Å². The second-order valence-electron chi connectivity index (χ2n) is 8.22. The zero-order valence-electron chi connectivity index (χ0n) is 19.4. The van der Waals surface area contributed by atoms with Crippen LogP contribution in [0.2, 0.25) is 0 Å². The number of aromatic nitrogens is 4. The Kier molecular flexibility index (Phi) is 6.27. The van der Waals surface area contributed by atoms with Gasteiger partial charge in [0.1, 0.15) is 17.7 Å². The third-order valence-electron chi connectivity index (χ3n) is 5.59. The summed E-state index contributed by atoms with van der Waals surface area (Å²) in [5, 5.41) is 2.88. The van der Waals surface area contributed by atoms with Gasteiger partial charge in [-0.3, -0.25) is 18.7 Å². The van der Waals surface area contributed by atoms with E-state index < -0.39 is 23.7 Å². The van der Waals surface area contributed by atoms with Crippen LogP contribution in [0.5, 0.6) is 5.75 Å². The summed E-state index contributed by atoms with van der Waals surface area (Å²) in [6.07, 6.45) is 1.38. The summed E-state index contributed by atoms with van der Waals surface area (Å²) in [6.45, 7) is 3.74. The quantitative estimate of drug-likeness (QED) is 0.475. The molecule has 34 heavy (non-hydrogen) atoms. The molecule has 1 N–H and O–H groups in total. The minimum absolute atomic E-state index is 0.147. The first kappa shape index (κ1) is 22.9. The first-order valence-corrected chi connectivity index (χ1v) is 10.8. The number of nitrogens with zero attached hydrogens (tertiary/aromatic N) is 4. The summed E-state index contributed by atoms with van der Waals surface area (Å²) in [4.78, 5) is 47.2. The number of methoxy groups -OCH3 is 1. The standard InChI is InChI=1S/C25H25N5O4/c1-15(2)16-5-9-18(10-6-16)27-21(31)14-30-24(32)20-13-26-22(28-23(20)29(3)25(30)33)17-7-11-19(34-4)12-8-17/h5-13,15H,14H2,1-4H3,(H,27,31). The Morgan fingerprint density at radius 2 is 1.74 bits per heavy atom. The van der Waals surface area contributed by atoms with E-state index in [9.17, 15) is 14.4 Å².